The highest BCUT2D eigenvalue weighted by Gasteiger charge is 2.20. The van der Waals surface area contributed by atoms with Gasteiger partial charge in [0.2, 0.25) is 0 Å². The van der Waals surface area contributed by atoms with Gasteiger partial charge in [-0.1, -0.05) is 65.8 Å². The van der Waals surface area contributed by atoms with Crippen LogP contribution in [0.1, 0.15) is 43.7 Å². The second kappa shape index (κ2) is 8.87. The van der Waals surface area contributed by atoms with Gasteiger partial charge in [-0.3, -0.25) is 0 Å². The van der Waals surface area contributed by atoms with Gasteiger partial charge in [0.25, 0.3) is 0 Å². The monoisotopic (exact) mass is 325 g/mol. The normalized spacial score (nSPS) is 11.8. The molecule has 0 aliphatic heterocycles. The molecule has 0 amide bonds. The van der Waals surface area contributed by atoms with Gasteiger partial charge < -0.3 is 9.94 Å². The van der Waals surface area contributed by atoms with Gasteiger partial charge in [-0.25, -0.2) is 4.79 Å². The Morgan fingerprint density at radius 3 is 1.92 bits per heavy atom. The van der Waals surface area contributed by atoms with Crippen molar-refractivity contribution in [3.05, 3.63) is 71.8 Å². The molecule has 126 valence electrons. The number of carbonyl (C=O) groups excluding carboxylic acids is 1. The van der Waals surface area contributed by atoms with E-state index < -0.39 is 5.97 Å². The molecular formula is C20H23NO3. The highest BCUT2D eigenvalue weighted by molar-refractivity contribution is 6.36. The molecule has 0 aromatic heterocycles. The van der Waals surface area contributed by atoms with Gasteiger partial charge in [-0.15, -0.1) is 0 Å². The highest BCUT2D eigenvalue weighted by Crippen LogP contribution is 2.29. The minimum absolute atomic E-state index is 0.0561. The fourth-order valence-electron chi connectivity index (χ4n) is 2.65. The third-order valence-corrected chi connectivity index (χ3v) is 3.77. The van der Waals surface area contributed by atoms with Gasteiger partial charge >= 0.3 is 5.97 Å². The second-order valence-corrected chi connectivity index (χ2v) is 5.91. The minimum atomic E-state index is -0.563. The maximum Gasteiger partial charge on any atom is 0.356 e. The number of rotatable bonds is 7. The summed E-state index contributed by atoms with van der Waals surface area (Å²) in [5.41, 5.74) is 2.39. The van der Waals surface area contributed by atoms with Crippen LogP contribution < -0.4 is 0 Å². The summed E-state index contributed by atoms with van der Waals surface area (Å²) in [6.45, 7) is 3.53. The minimum Gasteiger partial charge on any atom is -0.458 e. The van der Waals surface area contributed by atoms with Gasteiger partial charge in [0.1, 0.15) is 0 Å². The maximum atomic E-state index is 12.0. The molecule has 24 heavy (non-hydrogen) atoms. The van der Waals surface area contributed by atoms with Crippen LogP contribution in [0.25, 0.3) is 0 Å². The molecule has 2 aromatic rings. The lowest BCUT2D eigenvalue weighted by Gasteiger charge is -2.18. The van der Waals surface area contributed by atoms with Crippen LogP contribution in [-0.2, 0) is 9.53 Å². The molecule has 2 aromatic carbocycles. The first-order chi connectivity index (χ1) is 11.6. The van der Waals surface area contributed by atoms with Crippen LogP contribution in [0.3, 0.4) is 0 Å². The fraction of sp³-hybridized carbons (Fsp3) is 0.300. The Hall–Kier alpha value is -2.62. The zero-order valence-electron chi connectivity index (χ0n) is 14.1. The molecule has 0 unspecified atom stereocenters. The summed E-state index contributed by atoms with van der Waals surface area (Å²) in [5, 5.41) is 12.3. The summed E-state index contributed by atoms with van der Waals surface area (Å²) in [6.07, 6.45) is 0.755. The number of oxime groups is 1. The Morgan fingerprint density at radius 2 is 1.50 bits per heavy atom. The van der Waals surface area contributed by atoms with E-state index in [4.69, 9.17) is 9.94 Å². The third kappa shape index (κ3) is 4.95. The molecule has 0 aliphatic rings. The first-order valence-electron chi connectivity index (χ1n) is 8.13. The van der Waals surface area contributed by atoms with Crippen molar-refractivity contribution >= 4 is 11.7 Å². The van der Waals surface area contributed by atoms with Gasteiger partial charge in [0.05, 0.1) is 6.10 Å². The molecule has 2 rings (SSSR count). The summed E-state index contributed by atoms with van der Waals surface area (Å²) >= 11 is 0. The molecular weight excluding hydrogens is 302 g/mol. The Bertz CT molecular complexity index is 626. The fourth-order valence-corrected chi connectivity index (χ4v) is 2.65. The maximum absolute atomic E-state index is 12.0. The molecule has 0 heterocycles. The van der Waals surface area contributed by atoms with E-state index in [0.29, 0.717) is 12.8 Å². The smallest absolute Gasteiger partial charge is 0.356 e. The van der Waals surface area contributed by atoms with Crippen LogP contribution in [-0.4, -0.2) is 23.0 Å². The van der Waals surface area contributed by atoms with Gasteiger partial charge in [0.15, 0.2) is 5.71 Å². The molecule has 4 nitrogen and oxygen atoms in total. The average Bonchev–Trinajstić information content (AvgIpc) is 2.59. The molecule has 0 spiro atoms. The third-order valence-electron chi connectivity index (χ3n) is 3.77. The summed E-state index contributed by atoms with van der Waals surface area (Å²) in [6, 6.07) is 20.2. The van der Waals surface area contributed by atoms with E-state index in [0.717, 1.165) is 0 Å². The van der Waals surface area contributed by atoms with E-state index >= 15 is 0 Å². The Balaban J connectivity index is 2.16. The molecule has 1 N–H and O–H groups in total. The lowest BCUT2D eigenvalue weighted by Crippen LogP contribution is -2.22. The standard InChI is InChI=1S/C20H23NO3/c1-15(2)24-20(22)19(21-23)14-13-18(16-9-5-3-6-10-16)17-11-7-4-8-12-17/h3-12,15,18,23H,13-14H2,1-2H3. The van der Waals surface area contributed by atoms with E-state index in [1.165, 1.54) is 11.1 Å². The van der Waals surface area contributed by atoms with Crippen molar-refractivity contribution in [3.63, 3.8) is 0 Å². The van der Waals surface area contributed by atoms with Crippen LogP contribution in [0.4, 0.5) is 0 Å². The zero-order chi connectivity index (χ0) is 17.4. The van der Waals surface area contributed by atoms with Crippen molar-refractivity contribution in [1.82, 2.24) is 0 Å². The van der Waals surface area contributed by atoms with E-state index in [9.17, 15) is 4.79 Å². The van der Waals surface area contributed by atoms with Crippen LogP contribution in [0, 0.1) is 0 Å². The van der Waals surface area contributed by atoms with E-state index in [-0.39, 0.29) is 17.7 Å². The van der Waals surface area contributed by atoms with E-state index in [1.54, 1.807) is 13.8 Å². The first-order valence-corrected chi connectivity index (χ1v) is 8.13. The zero-order valence-corrected chi connectivity index (χ0v) is 14.1. The van der Waals surface area contributed by atoms with Crippen molar-refractivity contribution in [2.75, 3.05) is 0 Å². The molecule has 0 aliphatic carbocycles. The van der Waals surface area contributed by atoms with Crippen molar-refractivity contribution in [1.29, 1.82) is 0 Å². The van der Waals surface area contributed by atoms with Crippen LogP contribution in [0.15, 0.2) is 65.8 Å². The molecule has 4 heteroatoms. The number of carbonyl (C=O) groups is 1. The number of esters is 1. The van der Waals surface area contributed by atoms with Crippen LogP contribution >= 0.6 is 0 Å². The molecule has 0 atom stereocenters. The lowest BCUT2D eigenvalue weighted by atomic mass is 9.87. The topological polar surface area (TPSA) is 58.9 Å². The molecule has 0 bridgehead atoms. The van der Waals surface area contributed by atoms with E-state index in [1.807, 2.05) is 36.4 Å². The van der Waals surface area contributed by atoms with Gasteiger partial charge in [-0.05, 0) is 31.4 Å². The number of hydrogen-bond donors (Lipinski definition) is 1. The summed E-state index contributed by atoms with van der Waals surface area (Å²) in [5.74, 6) is -0.441. The Kier molecular flexibility index (Phi) is 6.55. The average molecular weight is 325 g/mol. The Morgan fingerprint density at radius 1 is 1.00 bits per heavy atom. The number of hydrogen-bond acceptors (Lipinski definition) is 4. The molecule has 0 fully saturated rings. The quantitative estimate of drug-likeness (QED) is 0.356. The molecule has 0 radical (unpaired) electrons. The van der Waals surface area contributed by atoms with Gasteiger partial charge in [-0.2, -0.15) is 0 Å². The number of nitrogens with zero attached hydrogens (tertiary/aromatic N) is 1. The van der Waals surface area contributed by atoms with Crippen molar-refractivity contribution in [2.45, 2.75) is 38.7 Å². The SMILES string of the molecule is CC(C)OC(=O)C(CCC(c1ccccc1)c1ccccc1)=NO. The summed E-state index contributed by atoms with van der Waals surface area (Å²) < 4.78 is 5.12. The second-order valence-electron chi connectivity index (χ2n) is 5.91. The number of benzene rings is 2. The lowest BCUT2D eigenvalue weighted by molar-refractivity contribution is -0.139. The predicted octanol–water partition coefficient (Wildman–Crippen LogP) is 4.38. The van der Waals surface area contributed by atoms with Crippen molar-refractivity contribution < 1.29 is 14.7 Å². The Labute approximate surface area is 142 Å². The molecule has 0 saturated heterocycles. The van der Waals surface area contributed by atoms with Crippen LogP contribution in [0.2, 0.25) is 0 Å². The largest absolute Gasteiger partial charge is 0.458 e. The highest BCUT2D eigenvalue weighted by atomic mass is 16.5. The van der Waals surface area contributed by atoms with Crippen molar-refractivity contribution in [3.8, 4) is 0 Å². The first kappa shape index (κ1) is 17.7. The summed E-state index contributed by atoms with van der Waals surface area (Å²) in [7, 11) is 0. The van der Waals surface area contributed by atoms with Crippen LogP contribution in [0.5, 0.6) is 0 Å². The van der Waals surface area contributed by atoms with Gasteiger partial charge in [0, 0.05) is 12.3 Å². The molecule has 0 saturated carbocycles. The van der Waals surface area contributed by atoms with E-state index in [2.05, 4.69) is 29.4 Å². The number of ether oxygens (including phenoxy) is 1. The van der Waals surface area contributed by atoms with Crippen molar-refractivity contribution in [2.24, 2.45) is 5.16 Å². The predicted molar refractivity (Wildman–Crippen MR) is 94.4 cm³/mol. The summed E-state index contributed by atoms with van der Waals surface area (Å²) in [4.78, 5) is 12.0.